The normalized spacial score (nSPS) is 11.2. The summed E-state index contributed by atoms with van der Waals surface area (Å²) in [6.07, 6.45) is 3.75. The van der Waals surface area contributed by atoms with Crippen LogP contribution in [0, 0.1) is 5.82 Å². The van der Waals surface area contributed by atoms with Gasteiger partial charge in [-0.05, 0) is 12.1 Å². The molecule has 0 unspecified atom stereocenters. The maximum atomic E-state index is 13.5. The smallest absolute Gasteiger partial charge is 0.266 e. The molecule has 0 bridgehead atoms. The summed E-state index contributed by atoms with van der Waals surface area (Å²) < 4.78 is 39.6. The summed E-state index contributed by atoms with van der Waals surface area (Å²) in [4.78, 5) is 6.70. The van der Waals surface area contributed by atoms with Gasteiger partial charge in [0.25, 0.3) is 10.0 Å². The minimum Gasteiger partial charge on any atom is -0.398 e. The number of nitrogens with one attached hydrogen (secondary N) is 1. The number of anilines is 2. The van der Waals surface area contributed by atoms with E-state index in [0.29, 0.717) is 0 Å². The van der Waals surface area contributed by atoms with Gasteiger partial charge in [-0.1, -0.05) is 6.07 Å². The molecule has 8 heteroatoms. The molecule has 0 amide bonds. The number of benzene rings is 1. The number of aromatic nitrogens is 2. The lowest BCUT2D eigenvalue weighted by Crippen LogP contribution is -2.16. The summed E-state index contributed by atoms with van der Waals surface area (Å²) in [5, 5.41) is 0. The van der Waals surface area contributed by atoms with Crippen molar-refractivity contribution in [2.45, 2.75) is 4.90 Å². The van der Waals surface area contributed by atoms with Crippen LogP contribution in [0.4, 0.5) is 15.8 Å². The van der Waals surface area contributed by atoms with E-state index in [1.54, 1.807) is 0 Å². The lowest BCUT2D eigenvalue weighted by Gasteiger charge is -2.10. The number of hydrogen-bond acceptors (Lipinski definition) is 5. The summed E-state index contributed by atoms with van der Waals surface area (Å²) in [6.45, 7) is 0. The maximum Gasteiger partial charge on any atom is 0.266 e. The van der Waals surface area contributed by atoms with Gasteiger partial charge in [0, 0.05) is 0 Å². The Labute approximate surface area is 103 Å². The maximum absolute atomic E-state index is 13.5. The number of nitrogens with two attached hydrogens (primary N) is 1. The molecule has 0 aliphatic heterocycles. The first-order valence-electron chi connectivity index (χ1n) is 4.82. The lowest BCUT2D eigenvalue weighted by molar-refractivity contribution is 0.572. The van der Waals surface area contributed by atoms with Crippen molar-refractivity contribution in [3.8, 4) is 0 Å². The lowest BCUT2D eigenvalue weighted by atomic mass is 10.3. The third-order valence-corrected chi connectivity index (χ3v) is 3.55. The first kappa shape index (κ1) is 12.2. The van der Waals surface area contributed by atoms with Gasteiger partial charge < -0.3 is 5.73 Å². The Bertz CT molecular complexity index is 641. The molecule has 94 valence electrons. The fourth-order valence-corrected chi connectivity index (χ4v) is 2.59. The SMILES string of the molecule is Nc1cccc(F)c1S(=O)(=O)Nc1cncnc1. The van der Waals surface area contributed by atoms with E-state index in [1.165, 1.54) is 30.9 Å². The monoisotopic (exact) mass is 268 g/mol. The van der Waals surface area contributed by atoms with Crippen LogP contribution in [0.15, 0.2) is 41.8 Å². The minimum atomic E-state index is -4.10. The van der Waals surface area contributed by atoms with Crippen LogP contribution in [0.1, 0.15) is 0 Å². The molecule has 0 radical (unpaired) electrons. The number of rotatable bonds is 3. The summed E-state index contributed by atoms with van der Waals surface area (Å²) >= 11 is 0. The van der Waals surface area contributed by atoms with Gasteiger partial charge in [-0.15, -0.1) is 0 Å². The predicted octanol–water partition coefficient (Wildman–Crippen LogP) is 0.999. The molecule has 1 heterocycles. The van der Waals surface area contributed by atoms with Crippen LogP contribution in [-0.4, -0.2) is 18.4 Å². The van der Waals surface area contributed by atoms with Gasteiger partial charge in [0.2, 0.25) is 0 Å². The van der Waals surface area contributed by atoms with Crippen molar-refractivity contribution >= 4 is 21.4 Å². The summed E-state index contributed by atoms with van der Waals surface area (Å²) in [7, 11) is -4.10. The highest BCUT2D eigenvalue weighted by molar-refractivity contribution is 7.92. The van der Waals surface area contributed by atoms with Gasteiger partial charge in [0.15, 0.2) is 0 Å². The Balaban J connectivity index is 2.44. The van der Waals surface area contributed by atoms with Gasteiger partial charge in [0.05, 0.1) is 23.8 Å². The number of nitrogens with zero attached hydrogens (tertiary/aromatic N) is 2. The fraction of sp³-hybridized carbons (Fsp3) is 0. The van der Waals surface area contributed by atoms with Gasteiger partial charge in [0.1, 0.15) is 17.0 Å². The molecule has 18 heavy (non-hydrogen) atoms. The first-order chi connectivity index (χ1) is 8.50. The van der Waals surface area contributed by atoms with Crippen molar-refractivity contribution in [2.24, 2.45) is 0 Å². The average Bonchev–Trinajstić information content (AvgIpc) is 2.28. The fourth-order valence-electron chi connectivity index (χ4n) is 1.37. The van der Waals surface area contributed by atoms with E-state index in [1.807, 2.05) is 0 Å². The van der Waals surface area contributed by atoms with Crippen LogP contribution >= 0.6 is 0 Å². The van der Waals surface area contributed by atoms with Crippen LogP contribution in [0.25, 0.3) is 0 Å². The van der Waals surface area contributed by atoms with E-state index in [4.69, 9.17) is 5.73 Å². The molecule has 0 atom stereocenters. The number of sulfonamides is 1. The van der Waals surface area contributed by atoms with Gasteiger partial charge in [-0.3, -0.25) is 4.72 Å². The molecule has 3 N–H and O–H groups in total. The van der Waals surface area contributed by atoms with E-state index in [2.05, 4.69) is 14.7 Å². The van der Waals surface area contributed by atoms with E-state index in [-0.39, 0.29) is 11.4 Å². The second-order valence-corrected chi connectivity index (χ2v) is 5.01. The Morgan fingerprint density at radius 3 is 2.50 bits per heavy atom. The van der Waals surface area contributed by atoms with Crippen molar-refractivity contribution in [1.29, 1.82) is 0 Å². The zero-order valence-corrected chi connectivity index (χ0v) is 9.86. The molecule has 0 saturated heterocycles. The number of nitrogen functional groups attached to an aromatic ring is 1. The molecule has 0 spiro atoms. The molecule has 1 aromatic heterocycles. The topological polar surface area (TPSA) is 98.0 Å². The van der Waals surface area contributed by atoms with Gasteiger partial charge in [-0.25, -0.2) is 22.8 Å². The zero-order valence-electron chi connectivity index (χ0n) is 9.04. The minimum absolute atomic E-state index is 0.125. The van der Waals surface area contributed by atoms with E-state index in [9.17, 15) is 12.8 Å². The molecular formula is C10H9FN4O2S. The van der Waals surface area contributed by atoms with Gasteiger partial charge >= 0.3 is 0 Å². The van der Waals surface area contributed by atoms with Crippen molar-refractivity contribution in [2.75, 3.05) is 10.5 Å². The van der Waals surface area contributed by atoms with Crippen LogP contribution in [0.2, 0.25) is 0 Å². The predicted molar refractivity (Wildman–Crippen MR) is 63.7 cm³/mol. The van der Waals surface area contributed by atoms with Crippen LogP contribution < -0.4 is 10.5 Å². The quantitative estimate of drug-likeness (QED) is 0.809. The highest BCUT2D eigenvalue weighted by Crippen LogP contribution is 2.23. The highest BCUT2D eigenvalue weighted by atomic mass is 32.2. The second-order valence-electron chi connectivity index (χ2n) is 3.39. The van der Waals surface area contributed by atoms with Crippen LogP contribution in [0.5, 0.6) is 0 Å². The van der Waals surface area contributed by atoms with E-state index < -0.39 is 20.7 Å². The molecule has 0 fully saturated rings. The van der Waals surface area contributed by atoms with Crippen molar-refractivity contribution in [3.63, 3.8) is 0 Å². The van der Waals surface area contributed by atoms with Crippen molar-refractivity contribution in [1.82, 2.24) is 9.97 Å². The average molecular weight is 268 g/mol. The third kappa shape index (κ3) is 2.38. The summed E-state index contributed by atoms with van der Waals surface area (Å²) in [6, 6.07) is 3.65. The van der Waals surface area contributed by atoms with Gasteiger partial charge in [-0.2, -0.15) is 0 Å². The molecule has 0 aliphatic rings. The standard InChI is InChI=1S/C10H9FN4O2S/c11-8-2-1-3-9(12)10(8)18(16,17)15-7-4-13-6-14-5-7/h1-6,15H,12H2. The Morgan fingerprint density at radius 1 is 1.22 bits per heavy atom. The summed E-state index contributed by atoms with van der Waals surface area (Å²) in [5.74, 6) is -0.917. The van der Waals surface area contributed by atoms with Crippen molar-refractivity contribution in [3.05, 3.63) is 42.7 Å². The number of hydrogen-bond donors (Lipinski definition) is 2. The molecule has 0 saturated carbocycles. The van der Waals surface area contributed by atoms with Crippen LogP contribution in [-0.2, 0) is 10.0 Å². The first-order valence-corrected chi connectivity index (χ1v) is 6.31. The zero-order chi connectivity index (χ0) is 13.2. The molecule has 6 nitrogen and oxygen atoms in total. The third-order valence-electron chi connectivity index (χ3n) is 2.08. The summed E-state index contributed by atoms with van der Waals surface area (Å²) in [5.41, 5.74) is 5.43. The van der Waals surface area contributed by atoms with Crippen LogP contribution in [0.3, 0.4) is 0 Å². The van der Waals surface area contributed by atoms with Crippen molar-refractivity contribution < 1.29 is 12.8 Å². The number of halogens is 1. The van der Waals surface area contributed by atoms with E-state index in [0.717, 1.165) is 6.07 Å². The Morgan fingerprint density at radius 2 is 1.89 bits per heavy atom. The largest absolute Gasteiger partial charge is 0.398 e. The highest BCUT2D eigenvalue weighted by Gasteiger charge is 2.22. The molecule has 1 aromatic carbocycles. The Kier molecular flexibility index (Phi) is 3.11. The molecular weight excluding hydrogens is 259 g/mol. The molecule has 0 aliphatic carbocycles. The Hall–Kier alpha value is -2.22. The second kappa shape index (κ2) is 4.57. The molecule has 2 aromatic rings. The molecule has 2 rings (SSSR count). The van der Waals surface area contributed by atoms with E-state index >= 15 is 0 Å².